The van der Waals surface area contributed by atoms with Crippen LogP contribution in [0, 0.1) is 0 Å². The minimum absolute atomic E-state index is 0.284. The molecule has 0 unspecified atom stereocenters. The normalized spacial score (nSPS) is 12.5. The van der Waals surface area contributed by atoms with Crippen molar-refractivity contribution in [1.82, 2.24) is 9.78 Å². The van der Waals surface area contributed by atoms with Gasteiger partial charge in [0.15, 0.2) is 11.5 Å². The molecule has 1 aliphatic rings. The first-order valence-corrected chi connectivity index (χ1v) is 9.48. The van der Waals surface area contributed by atoms with Gasteiger partial charge in [0, 0.05) is 16.1 Å². The van der Waals surface area contributed by atoms with E-state index in [0.717, 1.165) is 10.0 Å². The van der Waals surface area contributed by atoms with Crippen molar-refractivity contribution >= 4 is 27.7 Å². The highest BCUT2D eigenvalue weighted by molar-refractivity contribution is 9.10. The molecule has 144 valence electrons. The maximum absolute atomic E-state index is 12.8. The van der Waals surface area contributed by atoms with Crippen LogP contribution in [-0.2, 0) is 6.54 Å². The standard InChI is InChI=1S/C20H18BrN3O4/c1-26-16-10-14(11-17-19(16)28-9-8-27-17)20(25)23-18-6-7-22-24(18)12-13-2-4-15(21)5-3-13/h2-7,10-11H,8-9,12H2,1H3,(H,23,25). The van der Waals surface area contributed by atoms with Gasteiger partial charge in [0.25, 0.3) is 5.91 Å². The molecule has 1 aliphatic heterocycles. The summed E-state index contributed by atoms with van der Waals surface area (Å²) in [7, 11) is 1.53. The van der Waals surface area contributed by atoms with Crippen molar-refractivity contribution in [2.45, 2.75) is 6.54 Å². The molecule has 0 bridgehead atoms. The first kappa shape index (κ1) is 18.4. The predicted octanol–water partition coefficient (Wildman–Crippen LogP) is 3.73. The lowest BCUT2D eigenvalue weighted by Crippen LogP contribution is -2.19. The summed E-state index contributed by atoms with van der Waals surface area (Å²) in [5.74, 6) is 1.80. The van der Waals surface area contributed by atoms with Crippen molar-refractivity contribution in [2.75, 3.05) is 25.6 Å². The van der Waals surface area contributed by atoms with E-state index in [4.69, 9.17) is 14.2 Å². The van der Waals surface area contributed by atoms with Gasteiger partial charge in [-0.05, 0) is 29.8 Å². The highest BCUT2D eigenvalue weighted by Crippen LogP contribution is 2.40. The number of halogens is 1. The summed E-state index contributed by atoms with van der Waals surface area (Å²) in [5.41, 5.74) is 1.49. The van der Waals surface area contributed by atoms with Gasteiger partial charge >= 0.3 is 0 Å². The smallest absolute Gasteiger partial charge is 0.257 e. The number of hydrogen-bond acceptors (Lipinski definition) is 5. The van der Waals surface area contributed by atoms with Crippen LogP contribution >= 0.6 is 15.9 Å². The fourth-order valence-electron chi connectivity index (χ4n) is 2.92. The molecule has 0 saturated heterocycles. The Morgan fingerprint density at radius 1 is 1.21 bits per heavy atom. The maximum Gasteiger partial charge on any atom is 0.257 e. The Morgan fingerprint density at radius 3 is 2.79 bits per heavy atom. The SMILES string of the molecule is COc1cc(C(=O)Nc2ccnn2Cc2ccc(Br)cc2)cc2c1OCCO2. The molecular weight excluding hydrogens is 426 g/mol. The molecule has 0 radical (unpaired) electrons. The van der Waals surface area contributed by atoms with Gasteiger partial charge in [-0.3, -0.25) is 4.79 Å². The van der Waals surface area contributed by atoms with Crippen molar-refractivity contribution in [3.8, 4) is 17.2 Å². The largest absolute Gasteiger partial charge is 0.493 e. The third-order valence-electron chi connectivity index (χ3n) is 4.29. The lowest BCUT2D eigenvalue weighted by Gasteiger charge is -2.21. The predicted molar refractivity (Wildman–Crippen MR) is 107 cm³/mol. The van der Waals surface area contributed by atoms with Crippen LogP contribution < -0.4 is 19.5 Å². The molecule has 1 amide bonds. The van der Waals surface area contributed by atoms with Crippen molar-refractivity contribution in [3.05, 3.63) is 64.3 Å². The van der Waals surface area contributed by atoms with Crippen LogP contribution in [-0.4, -0.2) is 36.0 Å². The lowest BCUT2D eigenvalue weighted by atomic mass is 10.1. The molecule has 1 N–H and O–H groups in total. The number of benzene rings is 2. The summed E-state index contributed by atoms with van der Waals surface area (Å²) < 4.78 is 19.3. The molecule has 8 heteroatoms. The van der Waals surface area contributed by atoms with Crippen LogP contribution in [0.1, 0.15) is 15.9 Å². The summed E-state index contributed by atoms with van der Waals surface area (Å²) in [5, 5.41) is 7.20. The van der Waals surface area contributed by atoms with Crippen molar-refractivity contribution in [3.63, 3.8) is 0 Å². The van der Waals surface area contributed by atoms with Crippen molar-refractivity contribution in [2.24, 2.45) is 0 Å². The Bertz CT molecular complexity index is 984. The van der Waals surface area contributed by atoms with Gasteiger partial charge < -0.3 is 19.5 Å². The van der Waals surface area contributed by atoms with Crippen molar-refractivity contribution in [1.29, 1.82) is 0 Å². The van der Waals surface area contributed by atoms with Crippen LogP contribution in [0.15, 0.2) is 53.1 Å². The molecular formula is C20H18BrN3O4. The number of ether oxygens (including phenoxy) is 3. The molecule has 0 atom stereocenters. The first-order valence-electron chi connectivity index (χ1n) is 8.69. The summed E-state index contributed by atoms with van der Waals surface area (Å²) >= 11 is 3.43. The van der Waals surface area contributed by atoms with E-state index < -0.39 is 0 Å². The number of hydrogen-bond donors (Lipinski definition) is 1. The van der Waals surface area contributed by atoms with Gasteiger partial charge in [-0.2, -0.15) is 5.10 Å². The van der Waals surface area contributed by atoms with Crippen LogP contribution in [0.25, 0.3) is 0 Å². The van der Waals surface area contributed by atoms with E-state index in [1.807, 2.05) is 24.3 Å². The van der Waals surface area contributed by atoms with E-state index in [1.165, 1.54) is 7.11 Å². The topological polar surface area (TPSA) is 74.6 Å². The zero-order valence-electron chi connectivity index (χ0n) is 15.1. The number of aromatic nitrogens is 2. The first-order chi connectivity index (χ1) is 13.6. The fraction of sp³-hybridized carbons (Fsp3) is 0.200. The average molecular weight is 444 g/mol. The van der Waals surface area contributed by atoms with Gasteiger partial charge in [-0.25, -0.2) is 4.68 Å². The maximum atomic E-state index is 12.8. The quantitative estimate of drug-likeness (QED) is 0.650. The Morgan fingerprint density at radius 2 is 2.00 bits per heavy atom. The second kappa shape index (κ2) is 7.93. The van der Waals surface area contributed by atoms with E-state index in [-0.39, 0.29) is 5.91 Å². The van der Waals surface area contributed by atoms with E-state index in [2.05, 4.69) is 26.3 Å². The average Bonchev–Trinajstić information content (AvgIpc) is 3.15. The van der Waals surface area contributed by atoms with Crippen LogP contribution in [0.5, 0.6) is 17.2 Å². The van der Waals surface area contributed by atoms with Gasteiger partial charge in [-0.15, -0.1) is 0 Å². The van der Waals surface area contributed by atoms with Gasteiger partial charge in [0.05, 0.1) is 19.9 Å². The monoisotopic (exact) mass is 443 g/mol. The molecule has 2 heterocycles. The minimum Gasteiger partial charge on any atom is -0.493 e. The number of anilines is 1. The number of amides is 1. The highest BCUT2D eigenvalue weighted by atomic mass is 79.9. The molecule has 0 fully saturated rings. The zero-order chi connectivity index (χ0) is 19.5. The number of rotatable bonds is 5. The fourth-order valence-corrected chi connectivity index (χ4v) is 3.18. The molecule has 0 saturated carbocycles. The lowest BCUT2D eigenvalue weighted by molar-refractivity contribution is 0.102. The molecule has 0 spiro atoms. The van der Waals surface area contributed by atoms with Crippen LogP contribution in [0.3, 0.4) is 0 Å². The highest BCUT2D eigenvalue weighted by Gasteiger charge is 2.21. The number of nitrogens with one attached hydrogen (secondary N) is 1. The van der Waals surface area contributed by atoms with Gasteiger partial charge in [0.1, 0.15) is 19.0 Å². The van der Waals surface area contributed by atoms with Gasteiger partial charge in [0.2, 0.25) is 5.75 Å². The Hall–Kier alpha value is -3.00. The second-order valence-electron chi connectivity index (χ2n) is 6.16. The third-order valence-corrected chi connectivity index (χ3v) is 4.82. The summed E-state index contributed by atoms with van der Waals surface area (Å²) in [4.78, 5) is 12.8. The molecule has 7 nitrogen and oxygen atoms in total. The van der Waals surface area contributed by atoms with E-state index in [1.54, 1.807) is 29.1 Å². The van der Waals surface area contributed by atoms with E-state index >= 15 is 0 Å². The molecule has 0 aliphatic carbocycles. The van der Waals surface area contributed by atoms with Gasteiger partial charge in [-0.1, -0.05) is 28.1 Å². The number of fused-ring (bicyclic) bond motifs is 1. The van der Waals surface area contributed by atoms with E-state index in [0.29, 0.717) is 48.4 Å². The van der Waals surface area contributed by atoms with Crippen molar-refractivity contribution < 1.29 is 19.0 Å². The molecule has 28 heavy (non-hydrogen) atoms. The Balaban J connectivity index is 1.55. The zero-order valence-corrected chi connectivity index (χ0v) is 16.7. The minimum atomic E-state index is -0.284. The molecule has 2 aromatic carbocycles. The summed E-state index contributed by atoms with van der Waals surface area (Å²) in [6.07, 6.45) is 1.65. The summed E-state index contributed by atoms with van der Waals surface area (Å²) in [6.45, 7) is 1.42. The Kier molecular flexibility index (Phi) is 5.21. The number of carbonyl (C=O) groups is 1. The molecule has 1 aromatic heterocycles. The van der Waals surface area contributed by atoms with Crippen LogP contribution in [0.4, 0.5) is 5.82 Å². The molecule has 3 aromatic rings. The third kappa shape index (κ3) is 3.82. The Labute approximate surface area is 170 Å². The second-order valence-corrected chi connectivity index (χ2v) is 7.07. The van der Waals surface area contributed by atoms with E-state index in [9.17, 15) is 4.79 Å². The number of methoxy groups -OCH3 is 1. The summed E-state index contributed by atoms with van der Waals surface area (Å²) in [6, 6.07) is 13.0. The van der Waals surface area contributed by atoms with Crippen LogP contribution in [0.2, 0.25) is 0 Å². The number of carbonyl (C=O) groups excluding carboxylic acids is 1. The molecule has 4 rings (SSSR count). The number of nitrogens with zero attached hydrogens (tertiary/aromatic N) is 2.